The van der Waals surface area contributed by atoms with E-state index in [-0.39, 0.29) is 16.5 Å². The van der Waals surface area contributed by atoms with Gasteiger partial charge in [-0.1, -0.05) is 29.8 Å². The fraction of sp³-hybridized carbons (Fsp3) is 0.300. The lowest BCUT2D eigenvalue weighted by Crippen LogP contribution is -2.22. The predicted octanol–water partition coefficient (Wildman–Crippen LogP) is 2.59. The minimum Gasteiger partial charge on any atom is -0.339 e. The van der Waals surface area contributed by atoms with Gasteiger partial charge in [-0.05, 0) is 13.0 Å². The van der Waals surface area contributed by atoms with Crippen LogP contribution >= 0.6 is 23.4 Å². The van der Waals surface area contributed by atoms with Crippen molar-refractivity contribution in [3.05, 3.63) is 34.9 Å². The van der Waals surface area contributed by atoms with E-state index in [9.17, 15) is 4.79 Å². The Morgan fingerprint density at radius 3 is 2.71 bits per heavy atom. The number of nitrogens with one attached hydrogen (secondary N) is 1. The van der Waals surface area contributed by atoms with Crippen molar-refractivity contribution in [3.63, 3.8) is 0 Å². The number of carbonyl (C=O) groups excluding carboxylic acids is 1. The van der Waals surface area contributed by atoms with Crippen LogP contribution in [-0.2, 0) is 4.79 Å². The molecule has 14 heavy (non-hydrogen) atoms. The SMILES string of the molecule is C[C@@H]1S[C@H](c2ccccc2Cl)NC1=O. The Morgan fingerprint density at radius 2 is 2.14 bits per heavy atom. The van der Waals surface area contributed by atoms with Crippen LogP contribution in [0.1, 0.15) is 17.9 Å². The van der Waals surface area contributed by atoms with Crippen LogP contribution < -0.4 is 5.32 Å². The Hall–Kier alpha value is -0.670. The number of thioether (sulfide) groups is 1. The maximum atomic E-state index is 11.3. The molecule has 2 rings (SSSR count). The first-order valence-electron chi connectivity index (χ1n) is 4.39. The molecule has 1 aromatic carbocycles. The molecule has 0 radical (unpaired) electrons. The first-order valence-corrected chi connectivity index (χ1v) is 5.71. The molecule has 74 valence electrons. The summed E-state index contributed by atoms with van der Waals surface area (Å²) >= 11 is 7.63. The van der Waals surface area contributed by atoms with Crippen LogP contribution in [0.2, 0.25) is 5.02 Å². The van der Waals surface area contributed by atoms with E-state index in [0.717, 1.165) is 5.56 Å². The maximum Gasteiger partial charge on any atom is 0.234 e. The van der Waals surface area contributed by atoms with Gasteiger partial charge in [0, 0.05) is 10.6 Å². The van der Waals surface area contributed by atoms with Crippen molar-refractivity contribution >= 4 is 29.3 Å². The average molecular weight is 228 g/mol. The summed E-state index contributed by atoms with van der Waals surface area (Å²) in [5, 5.41) is 3.62. The first-order chi connectivity index (χ1) is 6.68. The minimum absolute atomic E-state index is 0.00574. The van der Waals surface area contributed by atoms with Gasteiger partial charge in [0.05, 0.1) is 5.25 Å². The lowest BCUT2D eigenvalue weighted by atomic mass is 10.2. The van der Waals surface area contributed by atoms with Gasteiger partial charge in [-0.15, -0.1) is 11.8 Å². The van der Waals surface area contributed by atoms with E-state index in [1.807, 2.05) is 31.2 Å². The predicted molar refractivity (Wildman–Crippen MR) is 59.4 cm³/mol. The van der Waals surface area contributed by atoms with Gasteiger partial charge < -0.3 is 5.32 Å². The van der Waals surface area contributed by atoms with Crippen LogP contribution in [0.25, 0.3) is 0 Å². The lowest BCUT2D eigenvalue weighted by Gasteiger charge is -2.10. The third kappa shape index (κ3) is 1.74. The standard InChI is InChI=1S/C10H10ClNOS/c1-6-9(13)12-10(14-6)7-4-2-3-5-8(7)11/h2-6,10H,1H3,(H,12,13)/t6-,10+/m0/s1. The molecule has 0 saturated carbocycles. The number of benzene rings is 1. The molecule has 1 fully saturated rings. The van der Waals surface area contributed by atoms with Gasteiger partial charge >= 0.3 is 0 Å². The molecule has 1 aliphatic heterocycles. The second-order valence-corrected chi connectivity index (χ2v) is 5.05. The Kier molecular flexibility index (Phi) is 2.70. The molecule has 0 unspecified atom stereocenters. The van der Waals surface area contributed by atoms with Crippen molar-refractivity contribution in [2.45, 2.75) is 17.5 Å². The zero-order valence-corrected chi connectivity index (χ0v) is 9.23. The Balaban J connectivity index is 2.25. The highest BCUT2D eigenvalue weighted by Crippen LogP contribution is 2.38. The van der Waals surface area contributed by atoms with Crippen LogP contribution in [0.5, 0.6) is 0 Å². The van der Waals surface area contributed by atoms with E-state index in [4.69, 9.17) is 11.6 Å². The zero-order valence-electron chi connectivity index (χ0n) is 7.66. The molecule has 1 aliphatic rings. The largest absolute Gasteiger partial charge is 0.339 e. The fourth-order valence-electron chi connectivity index (χ4n) is 1.39. The van der Waals surface area contributed by atoms with Crippen LogP contribution in [0.4, 0.5) is 0 Å². The number of amides is 1. The van der Waals surface area contributed by atoms with E-state index in [2.05, 4.69) is 5.32 Å². The molecule has 0 bridgehead atoms. The molecule has 0 spiro atoms. The summed E-state index contributed by atoms with van der Waals surface area (Å²) in [6.07, 6.45) is 0. The maximum absolute atomic E-state index is 11.3. The Morgan fingerprint density at radius 1 is 1.43 bits per heavy atom. The quantitative estimate of drug-likeness (QED) is 0.799. The molecule has 1 aromatic rings. The van der Waals surface area contributed by atoms with Gasteiger partial charge in [0.25, 0.3) is 0 Å². The zero-order chi connectivity index (χ0) is 10.1. The third-order valence-corrected chi connectivity index (χ3v) is 3.78. The molecule has 0 aromatic heterocycles. The molecular weight excluding hydrogens is 218 g/mol. The van der Waals surface area contributed by atoms with Crippen LogP contribution in [0.15, 0.2) is 24.3 Å². The molecule has 1 heterocycles. The number of hydrogen-bond donors (Lipinski definition) is 1. The van der Waals surface area contributed by atoms with Gasteiger partial charge in [-0.2, -0.15) is 0 Å². The van der Waals surface area contributed by atoms with Crippen molar-refractivity contribution in [2.75, 3.05) is 0 Å². The highest BCUT2D eigenvalue weighted by atomic mass is 35.5. The van der Waals surface area contributed by atoms with Crippen molar-refractivity contribution < 1.29 is 4.79 Å². The summed E-state index contributed by atoms with van der Waals surface area (Å²) in [6.45, 7) is 1.90. The van der Waals surface area contributed by atoms with Gasteiger partial charge in [0.1, 0.15) is 5.37 Å². The van der Waals surface area contributed by atoms with Crippen molar-refractivity contribution in [2.24, 2.45) is 0 Å². The normalized spacial score (nSPS) is 26.3. The molecule has 1 N–H and O–H groups in total. The Labute approximate surface area is 92.0 Å². The lowest BCUT2D eigenvalue weighted by molar-refractivity contribution is -0.119. The van der Waals surface area contributed by atoms with Gasteiger partial charge in [-0.25, -0.2) is 0 Å². The van der Waals surface area contributed by atoms with Gasteiger partial charge in [0.15, 0.2) is 0 Å². The molecule has 2 atom stereocenters. The van der Waals surface area contributed by atoms with Crippen LogP contribution in [0, 0.1) is 0 Å². The van der Waals surface area contributed by atoms with E-state index in [1.54, 1.807) is 11.8 Å². The molecule has 0 aliphatic carbocycles. The first kappa shape index (κ1) is 9.87. The average Bonchev–Trinajstić information content (AvgIpc) is 2.48. The summed E-state index contributed by atoms with van der Waals surface area (Å²) in [4.78, 5) is 11.3. The van der Waals surface area contributed by atoms with E-state index >= 15 is 0 Å². The molecule has 2 nitrogen and oxygen atoms in total. The summed E-state index contributed by atoms with van der Waals surface area (Å²) < 4.78 is 0. The number of hydrogen-bond acceptors (Lipinski definition) is 2. The molecular formula is C10H10ClNOS. The van der Waals surface area contributed by atoms with Gasteiger partial charge in [0.2, 0.25) is 5.91 Å². The highest BCUT2D eigenvalue weighted by molar-refractivity contribution is 8.01. The second-order valence-electron chi connectivity index (χ2n) is 3.19. The summed E-state index contributed by atoms with van der Waals surface area (Å²) in [5.74, 6) is 0.0833. The fourth-order valence-corrected chi connectivity index (χ4v) is 2.83. The second kappa shape index (κ2) is 3.83. The third-order valence-electron chi connectivity index (χ3n) is 2.17. The smallest absolute Gasteiger partial charge is 0.234 e. The molecule has 1 saturated heterocycles. The van der Waals surface area contributed by atoms with E-state index in [0.29, 0.717) is 5.02 Å². The topological polar surface area (TPSA) is 29.1 Å². The number of halogens is 1. The van der Waals surface area contributed by atoms with Crippen molar-refractivity contribution in [1.29, 1.82) is 0 Å². The van der Waals surface area contributed by atoms with Crippen molar-refractivity contribution in [1.82, 2.24) is 5.32 Å². The highest BCUT2D eigenvalue weighted by Gasteiger charge is 2.30. The summed E-state index contributed by atoms with van der Waals surface area (Å²) in [6, 6.07) is 7.60. The minimum atomic E-state index is 0.00574. The monoisotopic (exact) mass is 227 g/mol. The van der Waals surface area contributed by atoms with E-state index in [1.165, 1.54) is 0 Å². The Bertz CT molecular complexity index is 369. The van der Waals surface area contributed by atoms with Crippen molar-refractivity contribution in [3.8, 4) is 0 Å². The van der Waals surface area contributed by atoms with Crippen LogP contribution in [0.3, 0.4) is 0 Å². The van der Waals surface area contributed by atoms with Gasteiger partial charge in [-0.3, -0.25) is 4.79 Å². The molecule has 1 amide bonds. The summed E-state index contributed by atoms with van der Waals surface area (Å²) in [5.41, 5.74) is 0.983. The van der Waals surface area contributed by atoms with Crippen LogP contribution in [-0.4, -0.2) is 11.2 Å². The summed E-state index contributed by atoms with van der Waals surface area (Å²) in [7, 11) is 0. The number of rotatable bonds is 1. The molecule has 4 heteroatoms. The van der Waals surface area contributed by atoms with E-state index < -0.39 is 0 Å². The number of carbonyl (C=O) groups is 1.